The lowest BCUT2D eigenvalue weighted by Crippen LogP contribution is -2.11. The monoisotopic (exact) mass is 381 g/mol. The second-order valence-electron chi connectivity index (χ2n) is 6.16. The molecule has 2 aromatic carbocycles. The van der Waals surface area contributed by atoms with Crippen LogP contribution in [0, 0.1) is 29.1 Å². The van der Waals surface area contributed by atoms with Crippen molar-refractivity contribution in [2.75, 3.05) is 5.32 Å². The maximum atomic E-state index is 13.8. The van der Waals surface area contributed by atoms with Gasteiger partial charge in [-0.15, -0.1) is 5.10 Å². The van der Waals surface area contributed by atoms with Gasteiger partial charge in [-0.1, -0.05) is 12.1 Å². The van der Waals surface area contributed by atoms with Crippen molar-refractivity contribution >= 4 is 5.69 Å². The molecule has 5 nitrogen and oxygen atoms in total. The quantitative estimate of drug-likeness (QED) is 0.413. The van der Waals surface area contributed by atoms with Crippen LogP contribution in [-0.2, 0) is 6.54 Å². The SMILES string of the molecule is Fc1c(F)c(F)c(CNc2cccc(-c3nnnn3C3CC3)c2)c(F)c1F. The highest BCUT2D eigenvalue weighted by Gasteiger charge is 2.28. The normalized spacial score (nSPS) is 13.8. The number of halogens is 5. The molecule has 1 N–H and O–H groups in total. The van der Waals surface area contributed by atoms with Gasteiger partial charge < -0.3 is 5.32 Å². The van der Waals surface area contributed by atoms with Crippen LogP contribution in [0.3, 0.4) is 0 Å². The summed E-state index contributed by atoms with van der Waals surface area (Å²) in [5.74, 6) is -9.29. The number of hydrogen-bond acceptors (Lipinski definition) is 4. The van der Waals surface area contributed by atoms with Gasteiger partial charge in [0.25, 0.3) is 0 Å². The fourth-order valence-corrected chi connectivity index (χ4v) is 2.71. The molecule has 1 aromatic heterocycles. The fraction of sp³-hybridized carbons (Fsp3) is 0.235. The molecular weight excluding hydrogens is 369 g/mol. The number of aromatic nitrogens is 4. The summed E-state index contributed by atoms with van der Waals surface area (Å²) in [4.78, 5) is 0. The minimum Gasteiger partial charge on any atom is -0.381 e. The third kappa shape index (κ3) is 3.11. The molecule has 1 aliphatic rings. The van der Waals surface area contributed by atoms with E-state index in [1.165, 1.54) is 0 Å². The second kappa shape index (κ2) is 6.60. The van der Waals surface area contributed by atoms with E-state index in [0.29, 0.717) is 17.1 Å². The average Bonchev–Trinajstić information content (AvgIpc) is 3.41. The zero-order valence-electron chi connectivity index (χ0n) is 13.7. The van der Waals surface area contributed by atoms with Crippen molar-refractivity contribution in [1.29, 1.82) is 0 Å². The Labute approximate surface area is 149 Å². The topological polar surface area (TPSA) is 55.6 Å². The number of nitrogens with zero attached hydrogens (tertiary/aromatic N) is 4. The van der Waals surface area contributed by atoms with Crippen molar-refractivity contribution in [2.24, 2.45) is 0 Å². The van der Waals surface area contributed by atoms with E-state index in [9.17, 15) is 22.0 Å². The molecule has 1 saturated carbocycles. The van der Waals surface area contributed by atoms with Crippen LogP contribution in [0.15, 0.2) is 24.3 Å². The highest BCUT2D eigenvalue weighted by Crippen LogP contribution is 2.36. The molecule has 3 aromatic rings. The molecule has 0 aliphatic heterocycles. The zero-order valence-corrected chi connectivity index (χ0v) is 13.7. The van der Waals surface area contributed by atoms with Crippen molar-refractivity contribution in [3.8, 4) is 11.4 Å². The number of nitrogens with one attached hydrogen (secondary N) is 1. The largest absolute Gasteiger partial charge is 0.381 e. The smallest absolute Gasteiger partial charge is 0.200 e. The van der Waals surface area contributed by atoms with Crippen molar-refractivity contribution in [3.63, 3.8) is 0 Å². The van der Waals surface area contributed by atoms with Crippen LogP contribution < -0.4 is 5.32 Å². The molecule has 0 spiro atoms. The number of anilines is 1. The first kappa shape index (κ1) is 17.4. The van der Waals surface area contributed by atoms with Crippen LogP contribution >= 0.6 is 0 Å². The minimum absolute atomic E-state index is 0.250. The van der Waals surface area contributed by atoms with Crippen molar-refractivity contribution < 1.29 is 22.0 Å². The van der Waals surface area contributed by atoms with E-state index in [1.54, 1.807) is 28.9 Å². The molecule has 1 aliphatic carbocycles. The molecule has 0 atom stereocenters. The Balaban J connectivity index is 1.59. The molecule has 0 saturated heterocycles. The molecule has 10 heteroatoms. The molecule has 0 radical (unpaired) electrons. The molecule has 140 valence electrons. The summed E-state index contributed by atoms with van der Waals surface area (Å²) in [6, 6.07) is 6.91. The summed E-state index contributed by atoms with van der Waals surface area (Å²) in [5.41, 5.74) is 0.149. The molecule has 4 rings (SSSR count). The van der Waals surface area contributed by atoms with E-state index in [1.807, 2.05) is 0 Å². The number of hydrogen-bond donors (Lipinski definition) is 1. The predicted molar refractivity (Wildman–Crippen MR) is 85.1 cm³/mol. The number of benzene rings is 2. The Bertz CT molecular complexity index is 986. The zero-order chi connectivity index (χ0) is 19.1. The summed E-state index contributed by atoms with van der Waals surface area (Å²) in [7, 11) is 0. The predicted octanol–water partition coefficient (Wildman–Crippen LogP) is 3.98. The van der Waals surface area contributed by atoms with Crippen LogP contribution in [-0.4, -0.2) is 20.2 Å². The highest BCUT2D eigenvalue weighted by molar-refractivity contribution is 5.62. The number of tetrazole rings is 1. The lowest BCUT2D eigenvalue weighted by atomic mass is 10.1. The van der Waals surface area contributed by atoms with Gasteiger partial charge in [-0.25, -0.2) is 26.6 Å². The van der Waals surface area contributed by atoms with E-state index >= 15 is 0 Å². The summed E-state index contributed by atoms with van der Waals surface area (Å²) in [5, 5.41) is 14.3. The van der Waals surface area contributed by atoms with Gasteiger partial charge in [0.1, 0.15) is 0 Å². The van der Waals surface area contributed by atoms with Crippen LogP contribution in [0.4, 0.5) is 27.6 Å². The molecule has 0 unspecified atom stereocenters. The first-order chi connectivity index (χ1) is 13.0. The molecule has 27 heavy (non-hydrogen) atoms. The van der Waals surface area contributed by atoms with Gasteiger partial charge in [-0.3, -0.25) is 0 Å². The fourth-order valence-electron chi connectivity index (χ4n) is 2.71. The number of rotatable bonds is 5. The second-order valence-corrected chi connectivity index (χ2v) is 6.16. The molecule has 1 fully saturated rings. The Morgan fingerprint density at radius 3 is 2.30 bits per heavy atom. The Morgan fingerprint density at radius 2 is 1.63 bits per heavy atom. The Hall–Kier alpha value is -3.04. The van der Waals surface area contributed by atoms with E-state index in [0.717, 1.165) is 12.8 Å². The van der Waals surface area contributed by atoms with Gasteiger partial charge >= 0.3 is 0 Å². The van der Waals surface area contributed by atoms with Crippen molar-refractivity contribution in [1.82, 2.24) is 20.2 Å². The van der Waals surface area contributed by atoms with Crippen LogP contribution in [0.5, 0.6) is 0 Å². The lowest BCUT2D eigenvalue weighted by Gasteiger charge is -2.11. The van der Waals surface area contributed by atoms with Gasteiger partial charge in [-0.2, -0.15) is 0 Å². The van der Waals surface area contributed by atoms with E-state index in [-0.39, 0.29) is 6.04 Å². The van der Waals surface area contributed by atoms with E-state index in [2.05, 4.69) is 20.8 Å². The average molecular weight is 381 g/mol. The molecule has 1 heterocycles. The van der Waals surface area contributed by atoms with Crippen LogP contribution in [0.2, 0.25) is 0 Å². The minimum atomic E-state index is -2.18. The highest BCUT2D eigenvalue weighted by atomic mass is 19.2. The molecule has 0 bridgehead atoms. The van der Waals surface area contributed by atoms with Gasteiger partial charge in [0.15, 0.2) is 29.1 Å². The van der Waals surface area contributed by atoms with Gasteiger partial charge in [0.2, 0.25) is 5.82 Å². The summed E-state index contributed by atoms with van der Waals surface area (Å²) >= 11 is 0. The van der Waals surface area contributed by atoms with E-state index in [4.69, 9.17) is 0 Å². The van der Waals surface area contributed by atoms with Gasteiger partial charge in [0, 0.05) is 23.4 Å². The third-order valence-electron chi connectivity index (χ3n) is 4.28. The maximum absolute atomic E-state index is 13.8. The first-order valence-electron chi connectivity index (χ1n) is 8.10. The van der Waals surface area contributed by atoms with Gasteiger partial charge in [0.05, 0.1) is 6.04 Å². The maximum Gasteiger partial charge on any atom is 0.200 e. The van der Waals surface area contributed by atoms with Crippen LogP contribution in [0.25, 0.3) is 11.4 Å². The molecular formula is C17H12F5N5. The summed E-state index contributed by atoms with van der Waals surface area (Å²) in [6.45, 7) is -0.581. The lowest BCUT2D eigenvalue weighted by molar-refractivity contribution is 0.371. The van der Waals surface area contributed by atoms with Crippen LogP contribution in [0.1, 0.15) is 24.4 Å². The van der Waals surface area contributed by atoms with Crippen molar-refractivity contribution in [3.05, 3.63) is 58.9 Å². The van der Waals surface area contributed by atoms with E-state index < -0.39 is 41.2 Å². The summed E-state index contributed by atoms with van der Waals surface area (Å²) in [6.07, 6.45) is 1.96. The Kier molecular flexibility index (Phi) is 4.25. The summed E-state index contributed by atoms with van der Waals surface area (Å²) < 4.78 is 68.9. The Morgan fingerprint density at radius 1 is 0.963 bits per heavy atom. The standard InChI is InChI=1S/C17H12F5N5/c18-12-11(13(19)15(21)16(22)14(12)20)7-23-9-3-1-2-8(6-9)17-24-25-26-27(17)10-4-5-10/h1-3,6,10,23H,4-5,7H2. The first-order valence-corrected chi connectivity index (χ1v) is 8.10. The molecule has 0 amide bonds. The van der Waals surface area contributed by atoms with Gasteiger partial charge in [-0.05, 0) is 35.4 Å². The third-order valence-corrected chi connectivity index (χ3v) is 4.28. The van der Waals surface area contributed by atoms with Crippen molar-refractivity contribution in [2.45, 2.75) is 25.4 Å².